The van der Waals surface area contributed by atoms with Crippen LogP contribution in [0.3, 0.4) is 0 Å². The number of fused-ring (bicyclic) bond motifs is 3. The average Bonchev–Trinajstić information content (AvgIpc) is 3.32. The lowest BCUT2D eigenvalue weighted by molar-refractivity contribution is -0.129. The van der Waals surface area contributed by atoms with Gasteiger partial charge in [-0.05, 0) is 54.1 Å². The second-order valence-electron chi connectivity index (χ2n) is 10.7. The van der Waals surface area contributed by atoms with Gasteiger partial charge in [-0.2, -0.15) is 8.42 Å². The van der Waals surface area contributed by atoms with Crippen LogP contribution in [0, 0.1) is 0 Å². The highest BCUT2D eigenvalue weighted by molar-refractivity contribution is 8.04. The molecule has 2 N–H and O–H groups in total. The lowest BCUT2D eigenvalue weighted by Crippen LogP contribution is -2.54. The average molecular weight is 642 g/mol. The van der Waals surface area contributed by atoms with E-state index in [9.17, 15) is 22.6 Å². The smallest absolute Gasteiger partial charge is 0.265 e. The van der Waals surface area contributed by atoms with E-state index in [0.717, 1.165) is 45.6 Å². The van der Waals surface area contributed by atoms with Crippen LogP contribution in [-0.2, 0) is 19.7 Å². The number of carbonyl (C=O) groups excluding carboxylic acids is 2. The molecule has 0 atom stereocenters. The largest absolute Gasteiger partial charge is 0.335 e. The highest BCUT2D eigenvalue weighted by atomic mass is 32.2. The van der Waals surface area contributed by atoms with Crippen molar-refractivity contribution >= 4 is 67.5 Å². The molecule has 2 aromatic carbocycles. The third kappa shape index (κ3) is 9.01. The van der Waals surface area contributed by atoms with E-state index in [1.165, 1.54) is 43.1 Å². The molecule has 0 unspecified atom stereocenters. The highest BCUT2D eigenvalue weighted by Crippen LogP contribution is 2.49. The zero-order valence-electron chi connectivity index (χ0n) is 24.5. The molecule has 0 radical (unpaired) electrons. The second-order valence-corrected chi connectivity index (χ2v) is 13.7. The van der Waals surface area contributed by atoms with Crippen molar-refractivity contribution in [3.8, 4) is 0 Å². The standard InChI is InChI=1S/C32H39N3O5S3/c1-2-3-4-5-6-7-8-13-21-35-31(37)26(30(36)33-32(35)41)17-11-12-18-28-34(22-14-23-43(38,39)40)27-20-19-24-15-9-10-16-25(24)29(27)42-28/h9-12,15-20H,2-8,13-14,21-23H2,1H3,(H,33,36,41)(H,38,39,40)/b12-11+,26-17-,28-18+. The van der Waals surface area contributed by atoms with Crippen molar-refractivity contribution in [2.24, 2.45) is 0 Å². The van der Waals surface area contributed by atoms with Crippen LogP contribution in [0.15, 0.2) is 76.2 Å². The topological polar surface area (TPSA) is 107 Å². The van der Waals surface area contributed by atoms with Gasteiger partial charge < -0.3 is 4.90 Å². The Kier molecular flexibility index (Phi) is 12.0. The normalized spacial score (nSPS) is 17.6. The van der Waals surface area contributed by atoms with Crippen LogP contribution in [-0.4, -0.2) is 53.6 Å². The van der Waals surface area contributed by atoms with Gasteiger partial charge in [0, 0.05) is 18.0 Å². The fourth-order valence-electron chi connectivity index (χ4n) is 5.20. The number of allylic oxidation sites excluding steroid dienone is 4. The summed E-state index contributed by atoms with van der Waals surface area (Å²) in [5.41, 5.74) is 0.991. The maximum absolute atomic E-state index is 13.1. The second kappa shape index (κ2) is 15.7. The Bertz CT molecular complexity index is 1550. The Morgan fingerprint density at radius 2 is 1.56 bits per heavy atom. The summed E-state index contributed by atoms with van der Waals surface area (Å²) in [4.78, 5) is 30.3. The molecule has 2 aliphatic rings. The molecule has 2 amide bonds. The van der Waals surface area contributed by atoms with Gasteiger partial charge in [0.05, 0.1) is 16.5 Å². The molecule has 0 saturated carbocycles. The van der Waals surface area contributed by atoms with E-state index >= 15 is 0 Å². The van der Waals surface area contributed by atoms with Gasteiger partial charge in [0.15, 0.2) is 5.11 Å². The number of amides is 2. The summed E-state index contributed by atoms with van der Waals surface area (Å²) in [6.45, 7) is 3.07. The summed E-state index contributed by atoms with van der Waals surface area (Å²) in [5.74, 6) is -1.24. The summed E-state index contributed by atoms with van der Waals surface area (Å²) >= 11 is 6.86. The summed E-state index contributed by atoms with van der Waals surface area (Å²) in [6.07, 6.45) is 16.2. The Labute approximate surface area is 264 Å². The van der Waals surface area contributed by atoms with Crippen molar-refractivity contribution in [2.45, 2.75) is 69.6 Å². The van der Waals surface area contributed by atoms with Gasteiger partial charge in [0.2, 0.25) is 0 Å². The molecule has 0 aliphatic carbocycles. The molecule has 2 aromatic rings. The number of thioether (sulfide) groups is 1. The Hall–Kier alpha value is -2.99. The van der Waals surface area contributed by atoms with Crippen molar-refractivity contribution < 1.29 is 22.6 Å². The van der Waals surface area contributed by atoms with Gasteiger partial charge in [-0.25, -0.2) is 0 Å². The molecule has 230 valence electrons. The van der Waals surface area contributed by atoms with Crippen molar-refractivity contribution in [1.82, 2.24) is 10.2 Å². The maximum Gasteiger partial charge on any atom is 0.265 e. The fraction of sp³-hybridized carbons (Fsp3) is 0.406. The van der Waals surface area contributed by atoms with Crippen LogP contribution in [0.2, 0.25) is 0 Å². The molecule has 11 heteroatoms. The molecular weight excluding hydrogens is 603 g/mol. The Balaban J connectivity index is 1.44. The summed E-state index contributed by atoms with van der Waals surface area (Å²) < 4.78 is 31.9. The highest BCUT2D eigenvalue weighted by Gasteiger charge is 2.32. The van der Waals surface area contributed by atoms with Crippen LogP contribution in [0.25, 0.3) is 10.8 Å². The molecule has 1 saturated heterocycles. The minimum Gasteiger partial charge on any atom is -0.335 e. The zero-order chi connectivity index (χ0) is 30.8. The number of hydrogen-bond donors (Lipinski definition) is 2. The van der Waals surface area contributed by atoms with Crippen molar-refractivity contribution in [1.29, 1.82) is 0 Å². The number of carbonyl (C=O) groups is 2. The third-order valence-corrected chi connectivity index (χ3v) is 9.77. The number of thiocarbonyl (C=S) groups is 1. The SMILES string of the molecule is CCCCCCCCCCN1C(=O)\C(=C/C=C/C=C2/Sc3c(ccc4ccccc34)N2CCCS(=O)(=O)O)C(=O)NC1=S. The monoisotopic (exact) mass is 641 g/mol. The minimum absolute atomic E-state index is 0.0289. The van der Waals surface area contributed by atoms with Gasteiger partial charge in [-0.3, -0.25) is 24.4 Å². The molecule has 8 nitrogen and oxygen atoms in total. The van der Waals surface area contributed by atoms with Crippen molar-refractivity contribution in [3.63, 3.8) is 0 Å². The summed E-state index contributed by atoms with van der Waals surface area (Å²) in [7, 11) is -4.07. The van der Waals surface area contributed by atoms with Crippen molar-refractivity contribution in [3.05, 3.63) is 71.3 Å². The Morgan fingerprint density at radius 1 is 0.884 bits per heavy atom. The van der Waals surface area contributed by atoms with Gasteiger partial charge in [0.1, 0.15) is 5.57 Å². The molecule has 0 aromatic heterocycles. The van der Waals surface area contributed by atoms with Gasteiger partial charge in [-0.15, -0.1) is 0 Å². The molecule has 4 rings (SSSR count). The first kappa shape index (κ1) is 32.9. The van der Waals surface area contributed by atoms with E-state index in [4.69, 9.17) is 12.2 Å². The predicted octanol–water partition coefficient (Wildman–Crippen LogP) is 6.74. The quantitative estimate of drug-likeness (QED) is 0.0724. The van der Waals surface area contributed by atoms with E-state index in [1.807, 2.05) is 41.3 Å². The lowest BCUT2D eigenvalue weighted by atomic mass is 10.1. The van der Waals surface area contributed by atoms with E-state index in [1.54, 1.807) is 23.9 Å². The van der Waals surface area contributed by atoms with E-state index in [0.29, 0.717) is 13.1 Å². The summed E-state index contributed by atoms with van der Waals surface area (Å²) in [6, 6.07) is 12.1. The first-order valence-electron chi connectivity index (χ1n) is 14.9. The first-order valence-corrected chi connectivity index (χ1v) is 17.7. The minimum atomic E-state index is -4.07. The summed E-state index contributed by atoms with van der Waals surface area (Å²) in [5, 5.41) is 5.85. The van der Waals surface area contributed by atoms with E-state index in [-0.39, 0.29) is 22.9 Å². The Morgan fingerprint density at radius 3 is 2.30 bits per heavy atom. The molecule has 43 heavy (non-hydrogen) atoms. The zero-order valence-corrected chi connectivity index (χ0v) is 26.9. The van der Waals surface area contributed by atoms with Crippen molar-refractivity contribution in [2.75, 3.05) is 23.7 Å². The number of anilines is 1. The molecule has 2 heterocycles. The van der Waals surface area contributed by atoms with Gasteiger partial charge in [0.25, 0.3) is 21.9 Å². The van der Waals surface area contributed by atoms with Crippen LogP contribution in [0.5, 0.6) is 0 Å². The number of unbranched alkanes of at least 4 members (excludes halogenated alkanes) is 7. The number of rotatable bonds is 15. The predicted molar refractivity (Wildman–Crippen MR) is 179 cm³/mol. The molecule has 2 aliphatic heterocycles. The number of nitrogens with one attached hydrogen (secondary N) is 1. The third-order valence-electron chi connectivity index (χ3n) is 7.44. The molecule has 0 bridgehead atoms. The number of nitrogens with zero attached hydrogens (tertiary/aromatic N) is 2. The van der Waals surface area contributed by atoms with E-state index in [2.05, 4.69) is 18.3 Å². The number of benzene rings is 2. The maximum atomic E-state index is 13.1. The van der Waals surface area contributed by atoms with Crippen LogP contribution >= 0.6 is 24.0 Å². The van der Waals surface area contributed by atoms with Gasteiger partial charge in [-0.1, -0.05) is 106 Å². The lowest BCUT2D eigenvalue weighted by Gasteiger charge is -2.28. The molecule has 0 spiro atoms. The molecular formula is C32H39N3O5S3. The van der Waals surface area contributed by atoms with Crippen LogP contribution in [0.4, 0.5) is 5.69 Å². The fourth-order valence-corrected chi connectivity index (χ4v) is 7.19. The first-order chi connectivity index (χ1) is 20.7. The van der Waals surface area contributed by atoms with Crippen LogP contribution < -0.4 is 10.2 Å². The van der Waals surface area contributed by atoms with Gasteiger partial charge >= 0.3 is 0 Å². The molecule has 1 fully saturated rings. The van der Waals surface area contributed by atoms with E-state index < -0.39 is 21.9 Å². The van der Waals surface area contributed by atoms with Crippen LogP contribution in [0.1, 0.15) is 64.7 Å². The number of hydrogen-bond acceptors (Lipinski definition) is 7.